The lowest BCUT2D eigenvalue weighted by Gasteiger charge is -2.34. The molecular weight excluding hydrogens is 1020 g/mol. The number of rotatable bonds is 32. The molecule has 0 unspecified atom stereocenters. The van der Waals surface area contributed by atoms with Crippen molar-refractivity contribution in [3.63, 3.8) is 0 Å². The Morgan fingerprint density at radius 2 is 1.07 bits per heavy atom. The molecule has 4 rings (SSSR count). The molecule has 0 saturated carbocycles. The van der Waals surface area contributed by atoms with Crippen molar-refractivity contribution in [3.8, 4) is 0 Å². The van der Waals surface area contributed by atoms with Gasteiger partial charge in [0, 0.05) is 39.0 Å². The number of hydrogen-bond acceptors (Lipinski definition) is 10. The third kappa shape index (κ3) is 20.6. The predicted molar refractivity (Wildman–Crippen MR) is 308 cm³/mol. The highest BCUT2D eigenvalue weighted by molar-refractivity contribution is 5.97. The van der Waals surface area contributed by atoms with Gasteiger partial charge in [0.1, 0.15) is 36.3 Å². The molecule has 19 nitrogen and oxygen atoms in total. The Morgan fingerprint density at radius 1 is 0.575 bits per heavy atom. The van der Waals surface area contributed by atoms with Crippen molar-refractivity contribution < 1.29 is 48.3 Å². The molecule has 8 amide bonds. The highest BCUT2D eigenvalue weighted by Gasteiger charge is 2.45. The summed E-state index contributed by atoms with van der Waals surface area (Å²) in [7, 11) is 0. The minimum Gasteiger partial charge on any atom is -0.480 e. The second kappa shape index (κ2) is 32.8. The van der Waals surface area contributed by atoms with Gasteiger partial charge in [-0.15, -0.1) is 0 Å². The molecule has 2 fully saturated rings. The largest absolute Gasteiger partial charge is 0.480 e. The average molecular weight is 1110 g/mol. The van der Waals surface area contributed by atoms with Crippen LogP contribution in [0.1, 0.15) is 145 Å². The first-order valence-corrected chi connectivity index (χ1v) is 29.4. The normalized spacial score (nSPS) is 18.7. The number of benzene rings is 2. The first kappa shape index (κ1) is 66.1. The number of hydrogen-bond donors (Lipinski definition) is 8. The first-order valence-electron chi connectivity index (χ1n) is 29.4. The van der Waals surface area contributed by atoms with Crippen molar-refractivity contribution in [1.29, 1.82) is 0 Å². The number of likely N-dealkylation sites (tertiary alicyclic amines) is 2. The lowest BCUT2D eigenvalue weighted by molar-refractivity contribution is -0.148. The van der Waals surface area contributed by atoms with Gasteiger partial charge in [0.15, 0.2) is 0 Å². The third-order valence-electron chi connectivity index (χ3n) is 15.8. The number of carboxylic acids is 1. The molecular formula is C61H95N9O10. The van der Waals surface area contributed by atoms with Crippen molar-refractivity contribution in [3.05, 3.63) is 71.8 Å². The Kier molecular flexibility index (Phi) is 27.1. The van der Waals surface area contributed by atoms with Gasteiger partial charge < -0.3 is 52.5 Å². The number of nitrogens with one attached hydrogen (secondary N) is 6. The van der Waals surface area contributed by atoms with Gasteiger partial charge in [0.05, 0.1) is 6.04 Å². The van der Waals surface area contributed by atoms with Crippen molar-refractivity contribution in [2.75, 3.05) is 26.2 Å². The molecule has 80 heavy (non-hydrogen) atoms. The molecule has 2 heterocycles. The molecule has 9 N–H and O–H groups in total. The van der Waals surface area contributed by atoms with E-state index in [9.17, 15) is 48.3 Å². The van der Waals surface area contributed by atoms with E-state index in [1.54, 1.807) is 18.7 Å². The number of nitrogens with two attached hydrogens (primary N) is 1. The molecule has 11 atom stereocenters. The fraction of sp³-hybridized carbons (Fsp3) is 0.656. The molecule has 2 aromatic carbocycles. The zero-order valence-corrected chi connectivity index (χ0v) is 49.3. The molecule has 2 aliphatic rings. The van der Waals surface area contributed by atoms with Gasteiger partial charge in [-0.2, -0.15) is 0 Å². The van der Waals surface area contributed by atoms with E-state index in [0.29, 0.717) is 57.9 Å². The van der Waals surface area contributed by atoms with Crippen LogP contribution in [-0.4, -0.2) is 137 Å². The van der Waals surface area contributed by atoms with Gasteiger partial charge in [-0.1, -0.05) is 143 Å². The van der Waals surface area contributed by atoms with E-state index in [1.165, 1.54) is 4.90 Å². The quantitative estimate of drug-likeness (QED) is 0.0489. The molecule has 2 aromatic rings. The monoisotopic (exact) mass is 1110 g/mol. The number of carboxylic acid groups (broad SMARTS) is 1. The molecule has 2 aliphatic heterocycles. The topological polar surface area (TPSA) is 279 Å². The average Bonchev–Trinajstić information content (AvgIpc) is 4.15. The predicted octanol–water partition coefficient (Wildman–Crippen LogP) is 4.89. The van der Waals surface area contributed by atoms with Gasteiger partial charge in [-0.05, 0) is 104 Å². The zero-order valence-electron chi connectivity index (χ0n) is 49.3. The lowest BCUT2D eigenvalue weighted by atomic mass is 9.94. The number of amides is 8. The third-order valence-corrected chi connectivity index (χ3v) is 15.8. The second-order valence-corrected chi connectivity index (χ2v) is 23.7. The standard InChI is InChI=1S/C61H95N9O10/c1-11-40(9)52(62)57(75)68-54(41(10)12-2)58(76)66-46(29-37(3)4)55(73)67-53(39(7)8)60(78)70-28-20-26-49(70)59(77)69-27-19-25-48(69)56(74)64-36-44(31-42-21-15-13-16-22-42)33-50(71)63-35-45(32-43-23-17-14-18-24-43)34-51(72)65-47(61(79)80)30-38(5)6/h13-18,21-24,37-41,44-49,52-54H,11-12,19-20,25-36,62H2,1-10H3,(H,63,71)(H,64,74)(H,65,72)(H,66,76)(H,67,73)(H,68,75)(H,79,80)/t40-,41-,44+,45+,46-,47-,48-,49-,52-,53-,54-/m0/s1. The smallest absolute Gasteiger partial charge is 0.326 e. The Morgan fingerprint density at radius 3 is 1.60 bits per heavy atom. The summed E-state index contributed by atoms with van der Waals surface area (Å²) in [6, 6.07) is 12.6. The van der Waals surface area contributed by atoms with Crippen molar-refractivity contribution in [2.24, 2.45) is 47.2 Å². The maximum atomic E-state index is 14.6. The van der Waals surface area contributed by atoms with Crippen LogP contribution in [0.25, 0.3) is 0 Å². The number of carbonyl (C=O) groups excluding carboxylic acids is 8. The van der Waals surface area contributed by atoms with Gasteiger partial charge in [0.25, 0.3) is 0 Å². The van der Waals surface area contributed by atoms with Crippen molar-refractivity contribution in [2.45, 2.75) is 189 Å². The van der Waals surface area contributed by atoms with E-state index < -0.39 is 83.7 Å². The Hall–Kier alpha value is -6.37. The Bertz CT molecular complexity index is 2350. The lowest BCUT2D eigenvalue weighted by Crippen LogP contribution is -2.61. The highest BCUT2D eigenvalue weighted by Crippen LogP contribution is 2.27. The van der Waals surface area contributed by atoms with Crippen LogP contribution in [0.5, 0.6) is 0 Å². The van der Waals surface area contributed by atoms with Crippen LogP contribution in [-0.2, 0) is 56.0 Å². The molecule has 0 aromatic heterocycles. The van der Waals surface area contributed by atoms with Crippen LogP contribution in [0.2, 0.25) is 0 Å². The summed E-state index contributed by atoms with van der Waals surface area (Å²) >= 11 is 0. The van der Waals surface area contributed by atoms with Crippen LogP contribution in [0.3, 0.4) is 0 Å². The molecule has 2 saturated heterocycles. The molecule has 0 aliphatic carbocycles. The summed E-state index contributed by atoms with van der Waals surface area (Å²) < 4.78 is 0. The molecule has 0 bridgehead atoms. The van der Waals surface area contributed by atoms with Crippen LogP contribution in [0, 0.1) is 41.4 Å². The minimum atomic E-state index is -1.10. The number of nitrogens with zero attached hydrogens (tertiary/aromatic N) is 2. The van der Waals surface area contributed by atoms with Crippen molar-refractivity contribution >= 4 is 53.2 Å². The second-order valence-electron chi connectivity index (χ2n) is 23.7. The summed E-state index contributed by atoms with van der Waals surface area (Å²) in [5.41, 5.74) is 8.15. The highest BCUT2D eigenvalue weighted by atomic mass is 16.4. The SMILES string of the molecule is CC[C@H](C)[C@H](N)C(=O)N[C@H](C(=O)N[C@@H](CC(C)C)C(=O)N[C@H](C(=O)N1CCC[C@H]1C(=O)N1CCC[C@H]1C(=O)NC[C@@H](CC(=O)NC[C@@H](CC(=O)N[C@@H](CC(C)C)C(=O)O)Cc1ccccc1)Cc1ccccc1)C(C)C)[C@@H](C)CC. The van der Waals surface area contributed by atoms with Crippen molar-refractivity contribution in [1.82, 2.24) is 41.7 Å². The van der Waals surface area contributed by atoms with Crippen LogP contribution >= 0.6 is 0 Å². The van der Waals surface area contributed by atoms with E-state index >= 15 is 0 Å². The maximum absolute atomic E-state index is 14.6. The van der Waals surface area contributed by atoms with Gasteiger partial charge in [-0.25, -0.2) is 4.79 Å². The van der Waals surface area contributed by atoms with E-state index in [0.717, 1.165) is 11.1 Å². The molecule has 19 heteroatoms. The van der Waals surface area contributed by atoms with E-state index in [4.69, 9.17) is 5.73 Å². The van der Waals surface area contributed by atoms with Gasteiger partial charge in [0.2, 0.25) is 47.3 Å². The number of aliphatic carboxylic acids is 1. The minimum absolute atomic E-state index is 0.00280. The fourth-order valence-electron chi connectivity index (χ4n) is 10.6. The summed E-state index contributed by atoms with van der Waals surface area (Å²) in [6.07, 6.45) is 4.63. The van der Waals surface area contributed by atoms with Gasteiger partial charge >= 0.3 is 5.97 Å². The van der Waals surface area contributed by atoms with Crippen LogP contribution < -0.4 is 37.6 Å². The summed E-state index contributed by atoms with van der Waals surface area (Å²) in [6.45, 7) is 19.6. The first-order chi connectivity index (χ1) is 37.9. The molecule has 444 valence electrons. The van der Waals surface area contributed by atoms with Crippen LogP contribution in [0.4, 0.5) is 0 Å². The summed E-state index contributed by atoms with van der Waals surface area (Å²) in [5, 5.41) is 27.1. The van der Waals surface area contributed by atoms with E-state index in [1.807, 2.05) is 116 Å². The molecule has 0 spiro atoms. The summed E-state index contributed by atoms with van der Waals surface area (Å²) in [4.78, 5) is 127. The van der Waals surface area contributed by atoms with E-state index in [-0.39, 0.29) is 98.5 Å². The Balaban J connectivity index is 1.44. The zero-order chi connectivity index (χ0) is 59.2. The molecule has 0 radical (unpaired) electrons. The summed E-state index contributed by atoms with van der Waals surface area (Å²) in [5.74, 6) is -5.96. The number of carbonyl (C=O) groups is 9. The Labute approximate surface area is 475 Å². The van der Waals surface area contributed by atoms with E-state index in [2.05, 4.69) is 31.9 Å². The maximum Gasteiger partial charge on any atom is 0.326 e. The fourth-order valence-corrected chi connectivity index (χ4v) is 10.6. The van der Waals surface area contributed by atoms with Gasteiger partial charge in [-0.3, -0.25) is 38.4 Å². The van der Waals surface area contributed by atoms with Crippen LogP contribution in [0.15, 0.2) is 60.7 Å².